The molecule has 3 N–H and O–H groups in total. The Kier molecular flexibility index (Phi) is 57.0. The molecule has 0 saturated carbocycles. The number of ether oxygens (including phenoxy) is 1. The molecule has 0 spiro atoms. The van der Waals surface area contributed by atoms with E-state index in [-0.39, 0.29) is 18.5 Å². The molecule has 2 atom stereocenters. The molecule has 6 nitrogen and oxygen atoms in total. The molecule has 0 aromatic carbocycles. The van der Waals surface area contributed by atoms with Crippen molar-refractivity contribution in [1.29, 1.82) is 0 Å². The minimum absolute atomic E-state index is 0.00887. The number of hydrogen-bond acceptors (Lipinski definition) is 5. The van der Waals surface area contributed by atoms with E-state index in [0.29, 0.717) is 19.4 Å². The zero-order valence-corrected chi connectivity index (χ0v) is 46.3. The summed E-state index contributed by atoms with van der Waals surface area (Å²) in [5, 5.41) is 23.2. The minimum atomic E-state index is -0.855. The van der Waals surface area contributed by atoms with Crippen molar-refractivity contribution in [2.45, 2.75) is 341 Å². The fourth-order valence-corrected chi connectivity index (χ4v) is 9.38. The van der Waals surface area contributed by atoms with Crippen molar-refractivity contribution in [1.82, 2.24) is 5.32 Å². The van der Waals surface area contributed by atoms with Gasteiger partial charge in [0.25, 0.3) is 0 Å². The van der Waals surface area contributed by atoms with Gasteiger partial charge < -0.3 is 20.3 Å². The zero-order chi connectivity index (χ0) is 50.0. The van der Waals surface area contributed by atoms with E-state index in [1.54, 1.807) is 6.08 Å². The van der Waals surface area contributed by atoms with Gasteiger partial charge in [0.05, 0.1) is 25.4 Å². The second-order valence-electron chi connectivity index (χ2n) is 21.0. The number of aliphatic hydroxyl groups is 2. The van der Waals surface area contributed by atoms with Crippen LogP contribution in [-0.4, -0.2) is 47.4 Å². The van der Waals surface area contributed by atoms with Gasteiger partial charge in [-0.25, -0.2) is 0 Å². The first-order valence-corrected chi connectivity index (χ1v) is 30.8. The van der Waals surface area contributed by atoms with Crippen LogP contribution in [0.25, 0.3) is 0 Å². The third-order valence-electron chi connectivity index (χ3n) is 14.1. The van der Waals surface area contributed by atoms with Crippen molar-refractivity contribution in [3.63, 3.8) is 0 Å². The summed E-state index contributed by atoms with van der Waals surface area (Å²) in [7, 11) is 0. The van der Waals surface area contributed by atoms with Gasteiger partial charge in [0.2, 0.25) is 5.91 Å². The highest BCUT2D eigenvalue weighted by molar-refractivity contribution is 5.76. The average Bonchev–Trinajstić information content (AvgIpc) is 3.35. The Balaban J connectivity index is 3.49. The van der Waals surface area contributed by atoms with Gasteiger partial charge in [-0.05, 0) is 77.0 Å². The molecule has 6 heteroatoms. The molecule has 0 saturated heterocycles. The van der Waals surface area contributed by atoms with Gasteiger partial charge in [-0.15, -0.1) is 0 Å². The van der Waals surface area contributed by atoms with E-state index >= 15 is 0 Å². The first-order valence-electron chi connectivity index (χ1n) is 30.8. The van der Waals surface area contributed by atoms with Gasteiger partial charge in [0.1, 0.15) is 0 Å². The van der Waals surface area contributed by atoms with Gasteiger partial charge in [-0.3, -0.25) is 9.59 Å². The highest BCUT2D eigenvalue weighted by Gasteiger charge is 2.18. The predicted molar refractivity (Wildman–Crippen MR) is 301 cm³/mol. The molecule has 0 heterocycles. The molecule has 0 aromatic rings. The lowest BCUT2D eigenvalue weighted by molar-refractivity contribution is -0.143. The number of amides is 1. The third kappa shape index (κ3) is 55.2. The molecular formula is C63H119NO5. The van der Waals surface area contributed by atoms with Crippen molar-refractivity contribution in [2.75, 3.05) is 13.2 Å². The van der Waals surface area contributed by atoms with E-state index in [9.17, 15) is 19.8 Å². The van der Waals surface area contributed by atoms with Crippen molar-refractivity contribution in [2.24, 2.45) is 0 Å². The number of nitrogens with one attached hydrogen (secondary N) is 1. The van der Waals surface area contributed by atoms with E-state index in [1.165, 1.54) is 238 Å². The van der Waals surface area contributed by atoms with Crippen molar-refractivity contribution < 1.29 is 24.5 Å². The number of rotatable bonds is 57. The summed E-state index contributed by atoms with van der Waals surface area (Å²) in [6, 6.07) is -0.639. The Labute approximate surface area is 430 Å². The van der Waals surface area contributed by atoms with E-state index in [4.69, 9.17) is 4.74 Å². The average molecular weight is 971 g/mol. The Morgan fingerprint density at radius 1 is 0.391 bits per heavy atom. The number of carbonyl (C=O) groups is 2. The van der Waals surface area contributed by atoms with Gasteiger partial charge in [-0.1, -0.05) is 275 Å². The number of aliphatic hydroxyl groups excluding tert-OH is 2. The first-order chi connectivity index (χ1) is 34.0. The lowest BCUT2D eigenvalue weighted by Gasteiger charge is -2.20. The van der Waals surface area contributed by atoms with Crippen LogP contribution in [0.2, 0.25) is 0 Å². The fourth-order valence-electron chi connectivity index (χ4n) is 9.38. The van der Waals surface area contributed by atoms with Crippen LogP contribution in [0.4, 0.5) is 0 Å². The Hall–Kier alpha value is -1.92. The van der Waals surface area contributed by atoms with Crippen LogP contribution in [0, 0.1) is 0 Å². The number of hydrogen-bond donors (Lipinski definition) is 3. The Bertz CT molecular complexity index is 1120. The molecule has 0 aliphatic rings. The van der Waals surface area contributed by atoms with E-state index < -0.39 is 12.1 Å². The molecule has 0 aliphatic carbocycles. The topological polar surface area (TPSA) is 95.9 Å². The quantitative estimate of drug-likeness (QED) is 0.0321. The summed E-state index contributed by atoms with van der Waals surface area (Å²) in [6.07, 6.45) is 73.2. The summed E-state index contributed by atoms with van der Waals surface area (Å²) in [5.41, 5.74) is 0. The van der Waals surface area contributed by atoms with Crippen LogP contribution in [0.1, 0.15) is 328 Å². The lowest BCUT2D eigenvalue weighted by Crippen LogP contribution is -2.45. The normalized spacial score (nSPS) is 12.8. The van der Waals surface area contributed by atoms with Gasteiger partial charge in [0, 0.05) is 12.8 Å². The lowest BCUT2D eigenvalue weighted by atomic mass is 10.0. The van der Waals surface area contributed by atoms with E-state index in [2.05, 4.69) is 43.5 Å². The molecule has 1 amide bonds. The molecule has 69 heavy (non-hydrogen) atoms. The van der Waals surface area contributed by atoms with Crippen LogP contribution in [0.5, 0.6) is 0 Å². The maximum atomic E-state index is 12.5. The number of carbonyl (C=O) groups excluding carboxylic acids is 2. The van der Waals surface area contributed by atoms with Crippen molar-refractivity contribution >= 4 is 11.9 Å². The summed E-state index contributed by atoms with van der Waals surface area (Å²) in [6.45, 7) is 4.87. The zero-order valence-electron chi connectivity index (χ0n) is 46.3. The summed E-state index contributed by atoms with van der Waals surface area (Å²) in [4.78, 5) is 24.5. The molecule has 0 radical (unpaired) electrons. The second-order valence-corrected chi connectivity index (χ2v) is 21.0. The SMILES string of the molecule is CCCC/C=C\CCCCCCCC(=O)OCCCCCCCCCCC/C=C\CCCCCCCC(=O)NC(CO)C(O)/C=C/CCCCCCCCCCCCCCCCCCCCCCC. The second kappa shape index (κ2) is 58.6. The molecule has 0 fully saturated rings. The molecule has 0 aliphatic heterocycles. The number of unbranched alkanes of at least 4 members (excludes halogenated alkanes) is 42. The maximum absolute atomic E-state index is 12.5. The fraction of sp³-hybridized carbons (Fsp3) is 0.873. The Morgan fingerprint density at radius 3 is 1.07 bits per heavy atom. The molecule has 2 unspecified atom stereocenters. The van der Waals surface area contributed by atoms with E-state index in [0.717, 1.165) is 64.2 Å². The van der Waals surface area contributed by atoms with Gasteiger partial charge >= 0.3 is 5.97 Å². The predicted octanol–water partition coefficient (Wildman–Crippen LogP) is 19.2. The summed E-state index contributed by atoms with van der Waals surface area (Å²) >= 11 is 0. The smallest absolute Gasteiger partial charge is 0.305 e. The van der Waals surface area contributed by atoms with Crippen LogP contribution in [0.15, 0.2) is 36.5 Å². The molecule has 0 aromatic heterocycles. The molecular weight excluding hydrogens is 851 g/mol. The van der Waals surface area contributed by atoms with E-state index in [1.807, 2.05) is 6.08 Å². The van der Waals surface area contributed by atoms with Gasteiger partial charge in [0.15, 0.2) is 0 Å². The summed E-state index contributed by atoms with van der Waals surface area (Å²) < 4.78 is 5.45. The monoisotopic (exact) mass is 970 g/mol. The van der Waals surface area contributed by atoms with Crippen LogP contribution in [-0.2, 0) is 14.3 Å². The highest BCUT2D eigenvalue weighted by Crippen LogP contribution is 2.17. The third-order valence-corrected chi connectivity index (χ3v) is 14.1. The molecule has 0 bridgehead atoms. The van der Waals surface area contributed by atoms with Crippen LogP contribution < -0.4 is 5.32 Å². The first kappa shape index (κ1) is 67.1. The Morgan fingerprint density at radius 2 is 0.696 bits per heavy atom. The number of esters is 1. The van der Waals surface area contributed by atoms with Gasteiger partial charge in [-0.2, -0.15) is 0 Å². The molecule has 0 rings (SSSR count). The largest absolute Gasteiger partial charge is 0.466 e. The number of allylic oxidation sites excluding steroid dienone is 5. The van der Waals surface area contributed by atoms with Crippen LogP contribution in [0.3, 0.4) is 0 Å². The van der Waals surface area contributed by atoms with Crippen LogP contribution >= 0.6 is 0 Å². The standard InChI is InChI=1S/C63H119NO5/c1-3-5-7-9-11-13-15-16-17-18-19-20-21-22-23-26-29-32-36-39-43-47-51-55-61(66)60(59-65)64-62(67)56-52-48-44-40-37-33-30-27-24-25-28-31-34-38-42-46-50-54-58-69-63(68)57-53-49-45-41-35-14-12-10-8-6-4-2/h10,12,27,30,51,55,60-61,65-66H,3-9,11,13-26,28-29,31-50,52-54,56-59H2,1-2H3,(H,64,67)/b12-10-,30-27-,55-51+. The van der Waals surface area contributed by atoms with Crippen molar-refractivity contribution in [3.05, 3.63) is 36.5 Å². The summed E-state index contributed by atoms with van der Waals surface area (Å²) in [5.74, 6) is -0.0888. The maximum Gasteiger partial charge on any atom is 0.305 e. The molecule has 406 valence electrons. The minimum Gasteiger partial charge on any atom is -0.466 e. The highest BCUT2D eigenvalue weighted by atomic mass is 16.5. The van der Waals surface area contributed by atoms with Crippen molar-refractivity contribution in [3.8, 4) is 0 Å².